The summed E-state index contributed by atoms with van der Waals surface area (Å²) >= 11 is 0. The summed E-state index contributed by atoms with van der Waals surface area (Å²) < 4.78 is 50.9. The highest BCUT2D eigenvalue weighted by Gasteiger charge is 2.30. The third-order valence-corrected chi connectivity index (χ3v) is 2.86. The monoisotopic (exact) mass is 294 g/mol. The first-order chi connectivity index (χ1) is 9.90. The predicted octanol–water partition coefficient (Wildman–Crippen LogP) is 4.33. The Hall–Kier alpha value is -2.55. The molecule has 0 aliphatic heterocycles. The van der Waals surface area contributed by atoms with Crippen molar-refractivity contribution in [1.29, 1.82) is 5.26 Å². The van der Waals surface area contributed by atoms with E-state index in [2.05, 4.69) is 5.32 Å². The lowest BCUT2D eigenvalue weighted by atomic mass is 10.1. The average molecular weight is 294 g/mol. The van der Waals surface area contributed by atoms with E-state index in [1.165, 1.54) is 24.3 Å². The maximum Gasteiger partial charge on any atom is 0.416 e. The molecule has 2 aromatic carbocycles. The summed E-state index contributed by atoms with van der Waals surface area (Å²) in [5.74, 6) is -0.505. The lowest BCUT2D eigenvalue weighted by Gasteiger charge is -2.11. The number of nitrogens with one attached hydrogen (secondary N) is 1. The minimum atomic E-state index is -4.42. The van der Waals surface area contributed by atoms with Crippen LogP contribution in [0.3, 0.4) is 0 Å². The number of alkyl halides is 3. The molecule has 6 heteroatoms. The Morgan fingerprint density at radius 1 is 1.10 bits per heavy atom. The fraction of sp³-hybridized carbons (Fsp3) is 0.133. The number of hydrogen-bond donors (Lipinski definition) is 1. The summed E-state index contributed by atoms with van der Waals surface area (Å²) in [4.78, 5) is 0. The van der Waals surface area contributed by atoms with Gasteiger partial charge in [-0.3, -0.25) is 0 Å². The van der Waals surface area contributed by atoms with Crippen molar-refractivity contribution < 1.29 is 17.6 Å². The van der Waals surface area contributed by atoms with E-state index in [0.717, 1.165) is 18.2 Å². The SMILES string of the molecule is N#Cc1ccc(F)cc1CNc1cccc(C(F)(F)F)c1. The van der Waals surface area contributed by atoms with E-state index < -0.39 is 17.6 Å². The van der Waals surface area contributed by atoms with Crippen LogP contribution in [0.15, 0.2) is 42.5 Å². The number of rotatable bonds is 3. The number of benzene rings is 2. The van der Waals surface area contributed by atoms with Crippen LogP contribution in [-0.4, -0.2) is 0 Å². The zero-order valence-electron chi connectivity index (χ0n) is 10.7. The second kappa shape index (κ2) is 5.83. The van der Waals surface area contributed by atoms with Crippen molar-refractivity contribution in [2.75, 3.05) is 5.32 Å². The third-order valence-electron chi connectivity index (χ3n) is 2.86. The van der Waals surface area contributed by atoms with Crippen LogP contribution in [0.4, 0.5) is 23.2 Å². The topological polar surface area (TPSA) is 35.8 Å². The lowest BCUT2D eigenvalue weighted by Crippen LogP contribution is -2.07. The van der Waals surface area contributed by atoms with Gasteiger partial charge in [0, 0.05) is 12.2 Å². The summed E-state index contributed by atoms with van der Waals surface area (Å²) in [6, 6.07) is 10.3. The minimum absolute atomic E-state index is 0.0575. The first-order valence-electron chi connectivity index (χ1n) is 6.00. The van der Waals surface area contributed by atoms with Gasteiger partial charge in [-0.25, -0.2) is 4.39 Å². The molecule has 1 N–H and O–H groups in total. The molecule has 0 amide bonds. The molecule has 0 spiro atoms. The van der Waals surface area contributed by atoms with E-state index >= 15 is 0 Å². The zero-order chi connectivity index (χ0) is 15.5. The first kappa shape index (κ1) is 14.9. The summed E-state index contributed by atoms with van der Waals surface area (Å²) in [6.45, 7) is 0.0575. The molecule has 2 aromatic rings. The highest BCUT2D eigenvalue weighted by molar-refractivity contribution is 5.48. The van der Waals surface area contributed by atoms with Crippen molar-refractivity contribution in [3.63, 3.8) is 0 Å². The molecular weight excluding hydrogens is 284 g/mol. The molecule has 0 saturated carbocycles. The Morgan fingerprint density at radius 2 is 1.86 bits per heavy atom. The Bertz CT molecular complexity index is 687. The van der Waals surface area contributed by atoms with Crippen LogP contribution in [0.1, 0.15) is 16.7 Å². The van der Waals surface area contributed by atoms with Crippen molar-refractivity contribution in [2.45, 2.75) is 12.7 Å². The number of anilines is 1. The second-order valence-corrected chi connectivity index (χ2v) is 4.35. The van der Waals surface area contributed by atoms with Crippen LogP contribution in [-0.2, 0) is 12.7 Å². The van der Waals surface area contributed by atoms with Gasteiger partial charge in [0.05, 0.1) is 17.2 Å². The zero-order valence-corrected chi connectivity index (χ0v) is 10.7. The lowest BCUT2D eigenvalue weighted by molar-refractivity contribution is -0.137. The Kier molecular flexibility index (Phi) is 4.13. The Labute approximate surface area is 118 Å². The van der Waals surface area contributed by atoms with Crippen LogP contribution in [0.25, 0.3) is 0 Å². The van der Waals surface area contributed by atoms with Gasteiger partial charge < -0.3 is 5.32 Å². The molecular formula is C15H10F4N2. The van der Waals surface area contributed by atoms with Gasteiger partial charge in [0.1, 0.15) is 5.82 Å². The van der Waals surface area contributed by atoms with Gasteiger partial charge in [0.15, 0.2) is 0 Å². The van der Waals surface area contributed by atoms with Gasteiger partial charge in [-0.15, -0.1) is 0 Å². The fourth-order valence-corrected chi connectivity index (χ4v) is 1.82. The van der Waals surface area contributed by atoms with Crippen molar-refractivity contribution in [1.82, 2.24) is 0 Å². The molecule has 2 rings (SSSR count). The van der Waals surface area contributed by atoms with Gasteiger partial charge in [-0.2, -0.15) is 18.4 Å². The normalized spacial score (nSPS) is 11.0. The molecule has 0 saturated heterocycles. The fourth-order valence-electron chi connectivity index (χ4n) is 1.82. The molecule has 0 unspecified atom stereocenters. The molecule has 0 aliphatic carbocycles. The molecule has 0 radical (unpaired) electrons. The first-order valence-corrected chi connectivity index (χ1v) is 6.00. The summed E-state index contributed by atoms with van der Waals surface area (Å²) in [7, 11) is 0. The molecule has 21 heavy (non-hydrogen) atoms. The van der Waals surface area contributed by atoms with Crippen molar-refractivity contribution in [3.8, 4) is 6.07 Å². The molecule has 0 atom stereocenters. The van der Waals surface area contributed by atoms with Crippen LogP contribution in [0.2, 0.25) is 0 Å². The standard InChI is InChI=1S/C15H10F4N2/c16-13-5-4-10(8-20)11(6-13)9-21-14-3-1-2-12(7-14)15(17,18)19/h1-7,21H,9H2. The van der Waals surface area contributed by atoms with E-state index in [1.54, 1.807) is 0 Å². The van der Waals surface area contributed by atoms with Crippen LogP contribution in [0.5, 0.6) is 0 Å². The van der Waals surface area contributed by atoms with E-state index in [0.29, 0.717) is 5.56 Å². The predicted molar refractivity (Wildman–Crippen MR) is 69.9 cm³/mol. The van der Waals surface area contributed by atoms with Crippen LogP contribution < -0.4 is 5.32 Å². The van der Waals surface area contributed by atoms with Crippen LogP contribution in [0, 0.1) is 17.1 Å². The van der Waals surface area contributed by atoms with E-state index in [-0.39, 0.29) is 17.8 Å². The smallest absolute Gasteiger partial charge is 0.381 e. The van der Waals surface area contributed by atoms with Crippen LogP contribution >= 0.6 is 0 Å². The number of halogens is 4. The quantitative estimate of drug-likeness (QED) is 0.855. The largest absolute Gasteiger partial charge is 0.416 e. The Morgan fingerprint density at radius 3 is 2.52 bits per heavy atom. The van der Waals surface area contributed by atoms with Gasteiger partial charge >= 0.3 is 6.18 Å². The molecule has 108 valence electrons. The minimum Gasteiger partial charge on any atom is -0.381 e. The summed E-state index contributed by atoms with van der Waals surface area (Å²) in [5.41, 5.74) is 0.135. The van der Waals surface area contributed by atoms with Gasteiger partial charge in [-0.05, 0) is 42.0 Å². The highest BCUT2D eigenvalue weighted by atomic mass is 19.4. The van der Waals surface area contributed by atoms with Crippen molar-refractivity contribution in [3.05, 3.63) is 65.0 Å². The molecule has 0 aliphatic rings. The van der Waals surface area contributed by atoms with Gasteiger partial charge in [0.2, 0.25) is 0 Å². The molecule has 0 fully saturated rings. The van der Waals surface area contributed by atoms with Gasteiger partial charge in [0.25, 0.3) is 0 Å². The van der Waals surface area contributed by atoms with E-state index in [1.807, 2.05) is 6.07 Å². The number of nitriles is 1. The van der Waals surface area contributed by atoms with Gasteiger partial charge in [-0.1, -0.05) is 6.07 Å². The molecule has 0 bridgehead atoms. The summed E-state index contributed by atoms with van der Waals surface area (Å²) in [5, 5.41) is 11.7. The second-order valence-electron chi connectivity index (χ2n) is 4.35. The van der Waals surface area contributed by atoms with E-state index in [9.17, 15) is 17.6 Å². The number of nitrogens with zero attached hydrogens (tertiary/aromatic N) is 1. The molecule has 0 aromatic heterocycles. The molecule has 2 nitrogen and oxygen atoms in total. The maximum absolute atomic E-state index is 13.1. The summed E-state index contributed by atoms with van der Waals surface area (Å²) in [6.07, 6.45) is -4.42. The average Bonchev–Trinajstić information content (AvgIpc) is 2.45. The number of hydrogen-bond acceptors (Lipinski definition) is 2. The maximum atomic E-state index is 13.1. The van der Waals surface area contributed by atoms with E-state index in [4.69, 9.17) is 5.26 Å². The molecule has 0 heterocycles. The van der Waals surface area contributed by atoms with Crippen molar-refractivity contribution in [2.24, 2.45) is 0 Å². The third kappa shape index (κ3) is 3.72. The Balaban J connectivity index is 2.18. The van der Waals surface area contributed by atoms with Crippen molar-refractivity contribution >= 4 is 5.69 Å². The highest BCUT2D eigenvalue weighted by Crippen LogP contribution is 2.30.